The molecule has 1 heterocycles. The molecule has 13 heavy (non-hydrogen) atoms. The standard InChI is InChI=1S/C7H12N2O2S2/c1-4(5(8)10)9-6(11)7-12-2-3-13-7/h4,7H,2-3H2,1H3,(H2,8,10)(H,9,11)/t4-/m0/s1. The first kappa shape index (κ1) is 10.7. The molecule has 4 nitrogen and oxygen atoms in total. The fraction of sp³-hybridized carbons (Fsp3) is 0.714. The third-order valence-corrected chi connectivity index (χ3v) is 4.61. The molecule has 1 rings (SSSR count). The maximum absolute atomic E-state index is 11.4. The lowest BCUT2D eigenvalue weighted by Gasteiger charge is -2.12. The van der Waals surface area contributed by atoms with Crippen molar-refractivity contribution in [2.24, 2.45) is 5.73 Å². The van der Waals surface area contributed by atoms with Crippen LogP contribution in [0.1, 0.15) is 6.92 Å². The first-order valence-corrected chi connectivity index (χ1v) is 6.04. The SMILES string of the molecule is C[C@H](NC(=O)C1SCCS1)C(N)=O. The number of amides is 2. The summed E-state index contributed by atoms with van der Waals surface area (Å²) in [6.07, 6.45) is 0. The summed E-state index contributed by atoms with van der Waals surface area (Å²) in [6, 6.07) is -0.575. The van der Waals surface area contributed by atoms with Gasteiger partial charge >= 0.3 is 0 Å². The summed E-state index contributed by atoms with van der Waals surface area (Å²) in [7, 11) is 0. The third kappa shape index (κ3) is 3.11. The average Bonchev–Trinajstić information content (AvgIpc) is 2.55. The molecule has 1 aliphatic heterocycles. The van der Waals surface area contributed by atoms with Crippen LogP contribution in [0.25, 0.3) is 0 Å². The Bertz CT molecular complexity index is 217. The lowest BCUT2D eigenvalue weighted by Crippen LogP contribution is -2.44. The Morgan fingerprint density at radius 3 is 2.46 bits per heavy atom. The highest BCUT2D eigenvalue weighted by Gasteiger charge is 2.25. The van der Waals surface area contributed by atoms with Gasteiger partial charge in [0.1, 0.15) is 10.6 Å². The molecule has 0 unspecified atom stereocenters. The van der Waals surface area contributed by atoms with E-state index < -0.39 is 11.9 Å². The van der Waals surface area contributed by atoms with Crippen LogP contribution in [0.2, 0.25) is 0 Å². The van der Waals surface area contributed by atoms with Crippen LogP contribution in [0.3, 0.4) is 0 Å². The molecule has 74 valence electrons. The fourth-order valence-electron chi connectivity index (χ4n) is 0.862. The van der Waals surface area contributed by atoms with Gasteiger partial charge in [0.25, 0.3) is 0 Å². The molecule has 0 radical (unpaired) electrons. The maximum atomic E-state index is 11.4. The molecule has 1 fully saturated rings. The largest absolute Gasteiger partial charge is 0.368 e. The van der Waals surface area contributed by atoms with Crippen LogP contribution in [0, 0.1) is 0 Å². The molecule has 0 aromatic heterocycles. The van der Waals surface area contributed by atoms with E-state index in [4.69, 9.17) is 5.73 Å². The van der Waals surface area contributed by atoms with Crippen molar-refractivity contribution < 1.29 is 9.59 Å². The second-order valence-corrected chi connectivity index (χ2v) is 5.43. The van der Waals surface area contributed by atoms with Gasteiger partial charge < -0.3 is 11.1 Å². The van der Waals surface area contributed by atoms with Gasteiger partial charge in [0, 0.05) is 11.5 Å². The summed E-state index contributed by atoms with van der Waals surface area (Å²) in [5.74, 6) is 1.39. The van der Waals surface area contributed by atoms with Crippen molar-refractivity contribution in [1.82, 2.24) is 5.32 Å². The number of nitrogens with two attached hydrogens (primary N) is 1. The number of primary amides is 1. The van der Waals surface area contributed by atoms with E-state index in [0.717, 1.165) is 11.5 Å². The van der Waals surface area contributed by atoms with Gasteiger partial charge in [-0.2, -0.15) is 0 Å². The number of rotatable bonds is 3. The van der Waals surface area contributed by atoms with Gasteiger partial charge in [-0.25, -0.2) is 0 Å². The van der Waals surface area contributed by atoms with E-state index in [0.29, 0.717) is 0 Å². The predicted octanol–water partition coefficient (Wildman–Crippen LogP) is -0.217. The molecule has 1 saturated heterocycles. The van der Waals surface area contributed by atoms with Crippen molar-refractivity contribution in [1.29, 1.82) is 0 Å². The first-order valence-electron chi connectivity index (χ1n) is 3.94. The summed E-state index contributed by atoms with van der Waals surface area (Å²) >= 11 is 3.21. The molecule has 0 spiro atoms. The van der Waals surface area contributed by atoms with Gasteiger partial charge in [-0.1, -0.05) is 0 Å². The number of nitrogens with one attached hydrogen (secondary N) is 1. The zero-order valence-electron chi connectivity index (χ0n) is 7.28. The minimum atomic E-state index is -0.575. The van der Waals surface area contributed by atoms with E-state index in [9.17, 15) is 9.59 Å². The molecule has 1 atom stereocenters. The summed E-state index contributed by atoms with van der Waals surface area (Å²) in [5, 5.41) is 2.57. The van der Waals surface area contributed by atoms with Crippen LogP contribution in [0.5, 0.6) is 0 Å². The van der Waals surface area contributed by atoms with Crippen molar-refractivity contribution in [2.45, 2.75) is 17.5 Å². The molecule has 0 bridgehead atoms. The molecule has 0 saturated carbocycles. The number of hydrogen-bond acceptors (Lipinski definition) is 4. The van der Waals surface area contributed by atoms with Crippen molar-refractivity contribution in [3.8, 4) is 0 Å². The number of carbonyl (C=O) groups is 2. The van der Waals surface area contributed by atoms with Crippen LogP contribution in [0.4, 0.5) is 0 Å². The minimum Gasteiger partial charge on any atom is -0.368 e. The van der Waals surface area contributed by atoms with Gasteiger partial charge in [0.15, 0.2) is 0 Å². The van der Waals surface area contributed by atoms with Crippen LogP contribution in [0.15, 0.2) is 0 Å². The Balaban J connectivity index is 2.35. The molecular weight excluding hydrogens is 208 g/mol. The molecule has 1 aliphatic rings. The highest BCUT2D eigenvalue weighted by Crippen LogP contribution is 2.31. The Morgan fingerprint density at radius 2 is 2.00 bits per heavy atom. The third-order valence-electron chi connectivity index (χ3n) is 1.62. The normalized spacial score (nSPS) is 19.8. The van der Waals surface area contributed by atoms with E-state index in [2.05, 4.69) is 5.32 Å². The molecule has 0 aliphatic carbocycles. The van der Waals surface area contributed by atoms with E-state index in [1.807, 2.05) is 0 Å². The molecule has 0 aromatic rings. The second-order valence-electron chi connectivity index (χ2n) is 2.71. The topological polar surface area (TPSA) is 72.2 Å². The van der Waals surface area contributed by atoms with Crippen molar-refractivity contribution >= 4 is 35.3 Å². The average molecular weight is 220 g/mol. The van der Waals surface area contributed by atoms with Gasteiger partial charge in [-0.15, -0.1) is 23.5 Å². The van der Waals surface area contributed by atoms with Gasteiger partial charge in [-0.3, -0.25) is 9.59 Å². The molecule has 3 N–H and O–H groups in total. The summed E-state index contributed by atoms with van der Waals surface area (Å²) in [5.41, 5.74) is 5.02. The highest BCUT2D eigenvalue weighted by atomic mass is 32.2. The number of hydrogen-bond donors (Lipinski definition) is 2. The Hall–Kier alpha value is -0.360. The van der Waals surface area contributed by atoms with E-state index in [1.165, 1.54) is 0 Å². The van der Waals surface area contributed by atoms with Gasteiger partial charge in [-0.05, 0) is 6.92 Å². The minimum absolute atomic E-state index is 0.0678. The van der Waals surface area contributed by atoms with Gasteiger partial charge in [0.05, 0.1) is 0 Å². The molecule has 0 aromatic carbocycles. The van der Waals surface area contributed by atoms with E-state index >= 15 is 0 Å². The molecule has 6 heteroatoms. The predicted molar refractivity (Wildman–Crippen MR) is 55.5 cm³/mol. The second kappa shape index (κ2) is 4.76. The van der Waals surface area contributed by atoms with E-state index in [1.54, 1.807) is 30.4 Å². The lowest BCUT2D eigenvalue weighted by atomic mass is 10.3. The van der Waals surface area contributed by atoms with E-state index in [-0.39, 0.29) is 10.5 Å². The Morgan fingerprint density at radius 1 is 1.46 bits per heavy atom. The Labute approximate surface area is 85.4 Å². The van der Waals surface area contributed by atoms with Gasteiger partial charge in [0.2, 0.25) is 11.8 Å². The lowest BCUT2D eigenvalue weighted by molar-refractivity contribution is -0.125. The highest BCUT2D eigenvalue weighted by molar-refractivity contribution is 8.21. The Kier molecular flexibility index (Phi) is 3.92. The van der Waals surface area contributed by atoms with Crippen molar-refractivity contribution in [3.05, 3.63) is 0 Å². The van der Waals surface area contributed by atoms with Crippen LogP contribution < -0.4 is 11.1 Å². The van der Waals surface area contributed by atoms with Crippen molar-refractivity contribution in [2.75, 3.05) is 11.5 Å². The van der Waals surface area contributed by atoms with Crippen LogP contribution in [-0.4, -0.2) is 33.9 Å². The van der Waals surface area contributed by atoms with Crippen molar-refractivity contribution in [3.63, 3.8) is 0 Å². The fourth-order valence-corrected chi connectivity index (χ4v) is 3.46. The monoisotopic (exact) mass is 220 g/mol. The quantitative estimate of drug-likeness (QED) is 0.690. The van der Waals surface area contributed by atoms with Crippen LogP contribution in [-0.2, 0) is 9.59 Å². The number of carbonyl (C=O) groups excluding carboxylic acids is 2. The summed E-state index contributed by atoms with van der Waals surface area (Å²) in [6.45, 7) is 1.59. The molecular formula is C7H12N2O2S2. The molecule has 2 amide bonds. The zero-order chi connectivity index (χ0) is 9.84. The summed E-state index contributed by atoms with van der Waals surface area (Å²) in [4.78, 5) is 22.0. The first-order chi connectivity index (χ1) is 6.11. The number of thioether (sulfide) groups is 2. The van der Waals surface area contributed by atoms with Crippen LogP contribution >= 0.6 is 23.5 Å². The zero-order valence-corrected chi connectivity index (χ0v) is 8.91. The smallest absolute Gasteiger partial charge is 0.243 e. The maximum Gasteiger partial charge on any atom is 0.243 e. The summed E-state index contributed by atoms with van der Waals surface area (Å²) < 4.78 is -0.0678.